The van der Waals surface area contributed by atoms with Crippen molar-refractivity contribution in [1.29, 1.82) is 0 Å². The first-order valence-electron chi connectivity index (χ1n) is 6.87. The minimum Gasteiger partial charge on any atom is -0.316 e. The van der Waals surface area contributed by atoms with Crippen LogP contribution in [0, 0.1) is 11.8 Å². The first-order valence-corrected chi connectivity index (χ1v) is 8.35. The molecule has 2 aromatic rings. The van der Waals surface area contributed by atoms with Gasteiger partial charge in [-0.15, -0.1) is 0 Å². The molecule has 1 aliphatic heterocycles. The maximum absolute atomic E-state index is 12.4. The zero-order chi connectivity index (χ0) is 13.7. The van der Waals surface area contributed by atoms with Gasteiger partial charge in [0.25, 0.3) is 0 Å². The number of hydrogen-bond acceptors (Lipinski definition) is 3. The molecule has 2 N–H and O–H groups in total. The predicted octanol–water partition coefficient (Wildman–Crippen LogP) is 1.34. The largest absolute Gasteiger partial charge is 0.316 e. The molecule has 1 saturated heterocycles. The SMILES string of the molecule is O=S(=O)(NC1C2CNCC21)c1ccc2ccccc2c1. The predicted molar refractivity (Wildman–Crippen MR) is 77.9 cm³/mol. The second kappa shape index (κ2) is 4.28. The van der Waals surface area contributed by atoms with E-state index in [1.165, 1.54) is 0 Å². The van der Waals surface area contributed by atoms with Gasteiger partial charge in [0.2, 0.25) is 10.0 Å². The van der Waals surface area contributed by atoms with Crippen molar-refractivity contribution in [2.75, 3.05) is 13.1 Å². The summed E-state index contributed by atoms with van der Waals surface area (Å²) in [6, 6.07) is 13.2. The lowest BCUT2D eigenvalue weighted by Crippen LogP contribution is -2.32. The van der Waals surface area contributed by atoms with Crippen LogP contribution in [0.15, 0.2) is 47.4 Å². The van der Waals surface area contributed by atoms with Crippen molar-refractivity contribution < 1.29 is 8.42 Å². The van der Waals surface area contributed by atoms with Crippen molar-refractivity contribution in [1.82, 2.24) is 10.0 Å². The molecule has 0 aromatic heterocycles. The van der Waals surface area contributed by atoms with Crippen LogP contribution in [-0.4, -0.2) is 27.5 Å². The summed E-state index contributed by atoms with van der Waals surface area (Å²) in [5.74, 6) is 0.954. The molecule has 4 rings (SSSR count). The fraction of sp³-hybridized carbons (Fsp3) is 0.333. The fourth-order valence-electron chi connectivity index (χ4n) is 3.17. The molecular formula is C15H16N2O2S. The summed E-state index contributed by atoms with van der Waals surface area (Å²) in [6.07, 6.45) is 0. The molecule has 1 saturated carbocycles. The van der Waals surface area contributed by atoms with Gasteiger partial charge in [-0.3, -0.25) is 0 Å². The van der Waals surface area contributed by atoms with Gasteiger partial charge in [-0.2, -0.15) is 0 Å². The smallest absolute Gasteiger partial charge is 0.240 e. The summed E-state index contributed by atoms with van der Waals surface area (Å²) in [4.78, 5) is 0.356. The van der Waals surface area contributed by atoms with Crippen LogP contribution in [0.1, 0.15) is 0 Å². The van der Waals surface area contributed by atoms with E-state index < -0.39 is 10.0 Å². The second-order valence-electron chi connectivity index (χ2n) is 5.64. The molecule has 2 aromatic carbocycles. The van der Waals surface area contributed by atoms with Crippen molar-refractivity contribution in [3.05, 3.63) is 42.5 Å². The Morgan fingerprint density at radius 2 is 1.70 bits per heavy atom. The number of sulfonamides is 1. The maximum Gasteiger partial charge on any atom is 0.240 e. The van der Waals surface area contributed by atoms with Gasteiger partial charge in [-0.05, 0) is 47.8 Å². The van der Waals surface area contributed by atoms with Gasteiger partial charge in [0.1, 0.15) is 0 Å². The van der Waals surface area contributed by atoms with Crippen molar-refractivity contribution in [2.45, 2.75) is 10.9 Å². The van der Waals surface area contributed by atoms with E-state index in [1.54, 1.807) is 12.1 Å². The summed E-state index contributed by atoms with van der Waals surface area (Å²) < 4.78 is 27.7. The van der Waals surface area contributed by atoms with E-state index in [-0.39, 0.29) is 6.04 Å². The molecule has 0 bridgehead atoms. The average Bonchev–Trinajstić information content (AvgIpc) is 2.89. The monoisotopic (exact) mass is 288 g/mol. The van der Waals surface area contributed by atoms with Crippen LogP contribution in [0.3, 0.4) is 0 Å². The number of nitrogens with one attached hydrogen (secondary N) is 2. The summed E-state index contributed by atoms with van der Waals surface area (Å²) in [5, 5.41) is 5.27. The third-order valence-corrected chi connectivity index (χ3v) is 5.87. The molecule has 1 heterocycles. The van der Waals surface area contributed by atoms with Crippen LogP contribution in [0.5, 0.6) is 0 Å². The first kappa shape index (κ1) is 12.3. The van der Waals surface area contributed by atoms with Gasteiger partial charge in [-0.25, -0.2) is 13.1 Å². The summed E-state index contributed by atoms with van der Waals surface area (Å²) >= 11 is 0. The minimum atomic E-state index is -3.41. The molecule has 20 heavy (non-hydrogen) atoms. The molecule has 4 nitrogen and oxygen atoms in total. The first-order chi connectivity index (χ1) is 9.65. The van der Waals surface area contributed by atoms with Crippen LogP contribution < -0.4 is 10.0 Å². The average molecular weight is 288 g/mol. The third kappa shape index (κ3) is 1.93. The standard InChI is InChI=1S/C15H16N2O2S/c18-20(19,17-15-13-8-16-9-14(13)15)12-6-5-10-3-1-2-4-11(10)7-12/h1-7,13-17H,8-9H2. The Hall–Kier alpha value is -1.43. The number of benzene rings is 2. The highest BCUT2D eigenvalue weighted by atomic mass is 32.2. The fourth-order valence-corrected chi connectivity index (χ4v) is 4.55. The quantitative estimate of drug-likeness (QED) is 0.896. The highest BCUT2D eigenvalue weighted by molar-refractivity contribution is 7.89. The van der Waals surface area contributed by atoms with E-state index in [4.69, 9.17) is 0 Å². The van der Waals surface area contributed by atoms with Crippen LogP contribution >= 0.6 is 0 Å². The normalized spacial score (nSPS) is 28.5. The van der Waals surface area contributed by atoms with Crippen LogP contribution in [0.25, 0.3) is 10.8 Å². The molecule has 104 valence electrons. The van der Waals surface area contributed by atoms with Crippen molar-refractivity contribution in [2.24, 2.45) is 11.8 Å². The van der Waals surface area contributed by atoms with Gasteiger partial charge in [0.05, 0.1) is 4.90 Å². The Morgan fingerprint density at radius 3 is 2.45 bits per heavy atom. The van der Waals surface area contributed by atoms with Gasteiger partial charge < -0.3 is 5.32 Å². The van der Waals surface area contributed by atoms with E-state index in [9.17, 15) is 8.42 Å². The molecule has 2 unspecified atom stereocenters. The Bertz CT molecular complexity index is 762. The van der Waals surface area contributed by atoms with Crippen molar-refractivity contribution >= 4 is 20.8 Å². The third-order valence-electron chi connectivity index (χ3n) is 4.41. The summed E-state index contributed by atoms with van der Waals surface area (Å²) in [6.45, 7) is 1.85. The molecule has 2 atom stereocenters. The highest BCUT2D eigenvalue weighted by Crippen LogP contribution is 2.42. The molecule has 5 heteroatoms. The van der Waals surface area contributed by atoms with Crippen molar-refractivity contribution in [3.63, 3.8) is 0 Å². The molecule has 0 amide bonds. The van der Waals surface area contributed by atoms with Gasteiger partial charge in [0, 0.05) is 6.04 Å². The molecule has 2 fully saturated rings. The van der Waals surface area contributed by atoms with Crippen LogP contribution in [0.4, 0.5) is 0 Å². The molecule has 1 aliphatic carbocycles. The van der Waals surface area contributed by atoms with Gasteiger partial charge in [0.15, 0.2) is 0 Å². The number of hydrogen-bond donors (Lipinski definition) is 2. The van der Waals surface area contributed by atoms with E-state index in [0.717, 1.165) is 23.9 Å². The summed E-state index contributed by atoms with van der Waals surface area (Å²) in [5.41, 5.74) is 0. The molecular weight excluding hydrogens is 272 g/mol. The Balaban J connectivity index is 1.63. The zero-order valence-corrected chi connectivity index (χ0v) is 11.7. The Kier molecular flexibility index (Phi) is 2.64. The van der Waals surface area contributed by atoms with Gasteiger partial charge in [-0.1, -0.05) is 30.3 Å². The van der Waals surface area contributed by atoms with Crippen LogP contribution in [-0.2, 0) is 10.0 Å². The second-order valence-corrected chi connectivity index (χ2v) is 7.36. The van der Waals surface area contributed by atoms with E-state index >= 15 is 0 Å². The molecule has 2 aliphatic rings. The van der Waals surface area contributed by atoms with Crippen molar-refractivity contribution in [3.8, 4) is 0 Å². The van der Waals surface area contributed by atoms with E-state index in [1.807, 2.05) is 30.3 Å². The number of piperidine rings is 1. The topological polar surface area (TPSA) is 58.2 Å². The minimum absolute atomic E-state index is 0.118. The van der Waals surface area contributed by atoms with Gasteiger partial charge >= 0.3 is 0 Å². The van der Waals surface area contributed by atoms with Crippen LogP contribution in [0.2, 0.25) is 0 Å². The number of fused-ring (bicyclic) bond motifs is 2. The highest BCUT2D eigenvalue weighted by Gasteiger charge is 2.54. The lowest BCUT2D eigenvalue weighted by molar-refractivity contribution is 0.565. The maximum atomic E-state index is 12.4. The lowest BCUT2D eigenvalue weighted by atomic mass is 10.1. The van der Waals surface area contributed by atoms with E-state index in [2.05, 4.69) is 10.0 Å². The van der Waals surface area contributed by atoms with E-state index in [0.29, 0.717) is 16.7 Å². The summed E-state index contributed by atoms with van der Waals surface area (Å²) in [7, 11) is -3.41. The Morgan fingerprint density at radius 1 is 1.00 bits per heavy atom. The lowest BCUT2D eigenvalue weighted by Gasteiger charge is -2.09. The number of rotatable bonds is 3. The molecule has 0 radical (unpaired) electrons. The Labute approximate surface area is 118 Å². The zero-order valence-electron chi connectivity index (χ0n) is 10.9. The molecule has 0 spiro atoms.